The smallest absolute Gasteiger partial charge is 0.268 e. The summed E-state index contributed by atoms with van der Waals surface area (Å²) in [7, 11) is 0. The monoisotopic (exact) mass is 292 g/mol. The molecule has 106 valence electrons. The van der Waals surface area contributed by atoms with Gasteiger partial charge in [0.2, 0.25) is 5.91 Å². The van der Waals surface area contributed by atoms with Crippen LogP contribution in [0, 0.1) is 5.92 Å². The summed E-state index contributed by atoms with van der Waals surface area (Å²) in [6.45, 7) is 4.02. The van der Waals surface area contributed by atoms with Crippen molar-refractivity contribution in [1.29, 1.82) is 0 Å². The average Bonchev–Trinajstić information content (AvgIpc) is 2.37. The van der Waals surface area contributed by atoms with Gasteiger partial charge >= 0.3 is 0 Å². The zero-order chi connectivity index (χ0) is 14.7. The van der Waals surface area contributed by atoms with Crippen LogP contribution >= 0.6 is 11.6 Å². The second-order valence-electron chi connectivity index (χ2n) is 5.22. The first-order valence-electron chi connectivity index (χ1n) is 6.55. The van der Waals surface area contributed by atoms with Crippen molar-refractivity contribution < 1.29 is 9.59 Å². The Morgan fingerprint density at radius 1 is 1.30 bits per heavy atom. The topological polar surface area (TPSA) is 58.2 Å². The van der Waals surface area contributed by atoms with Gasteiger partial charge in [-0.3, -0.25) is 9.59 Å². The Morgan fingerprint density at radius 3 is 2.65 bits per heavy atom. The molecule has 1 fully saturated rings. The number of halogens is 1. The molecule has 2 amide bonds. The van der Waals surface area contributed by atoms with Crippen molar-refractivity contribution in [1.82, 2.24) is 10.6 Å². The van der Waals surface area contributed by atoms with Crippen LogP contribution in [0.5, 0.6) is 0 Å². The summed E-state index contributed by atoms with van der Waals surface area (Å²) in [5.41, 5.74) is 0.921. The van der Waals surface area contributed by atoms with E-state index in [1.807, 2.05) is 26.0 Å². The number of carbonyl (C=O) groups excluding carboxylic acids is 2. The minimum Gasteiger partial charge on any atom is -0.339 e. The van der Waals surface area contributed by atoms with E-state index in [9.17, 15) is 9.59 Å². The van der Waals surface area contributed by atoms with Gasteiger partial charge in [0.05, 0.1) is 0 Å². The Balaban J connectivity index is 2.18. The molecule has 1 aromatic rings. The van der Waals surface area contributed by atoms with E-state index >= 15 is 0 Å². The van der Waals surface area contributed by atoms with E-state index < -0.39 is 6.04 Å². The largest absolute Gasteiger partial charge is 0.339 e. The van der Waals surface area contributed by atoms with Gasteiger partial charge in [-0.25, -0.2) is 0 Å². The molecule has 0 aromatic heterocycles. The van der Waals surface area contributed by atoms with Crippen LogP contribution in [-0.2, 0) is 9.59 Å². The van der Waals surface area contributed by atoms with Gasteiger partial charge in [-0.2, -0.15) is 0 Å². The predicted molar refractivity (Wildman–Crippen MR) is 79.0 cm³/mol. The molecular weight excluding hydrogens is 276 g/mol. The highest BCUT2D eigenvalue weighted by Gasteiger charge is 2.30. The van der Waals surface area contributed by atoms with Gasteiger partial charge in [-0.05, 0) is 30.0 Å². The standard InChI is InChI=1S/C15H17ClN2O2/c1-9(2)7-12-14(19)18-13(15(20)17-12)8-10-5-3-4-6-11(10)16/h3-6,8-9,12H,7H2,1-2H3,(H,17,20)(H,18,19)/b13-8+/t12-/m1/s1. The minimum absolute atomic E-state index is 0.184. The first kappa shape index (κ1) is 14.6. The summed E-state index contributed by atoms with van der Waals surface area (Å²) < 4.78 is 0. The van der Waals surface area contributed by atoms with E-state index in [4.69, 9.17) is 11.6 Å². The van der Waals surface area contributed by atoms with Crippen LogP contribution < -0.4 is 10.6 Å². The van der Waals surface area contributed by atoms with Gasteiger partial charge in [0.1, 0.15) is 11.7 Å². The molecule has 1 heterocycles. The van der Waals surface area contributed by atoms with Crippen molar-refractivity contribution in [2.75, 3.05) is 0 Å². The number of rotatable bonds is 3. The number of nitrogens with one attached hydrogen (secondary N) is 2. The first-order chi connectivity index (χ1) is 9.47. The van der Waals surface area contributed by atoms with Crippen molar-refractivity contribution in [3.8, 4) is 0 Å². The lowest BCUT2D eigenvalue weighted by Crippen LogP contribution is -2.55. The predicted octanol–water partition coefficient (Wildman–Crippen LogP) is 2.34. The molecule has 20 heavy (non-hydrogen) atoms. The summed E-state index contributed by atoms with van der Waals surface area (Å²) >= 11 is 6.04. The Bertz CT molecular complexity index is 567. The average molecular weight is 293 g/mol. The normalized spacial score (nSPS) is 21.0. The second-order valence-corrected chi connectivity index (χ2v) is 5.63. The fourth-order valence-electron chi connectivity index (χ4n) is 2.06. The molecule has 1 aliphatic rings. The highest BCUT2D eigenvalue weighted by atomic mass is 35.5. The van der Waals surface area contributed by atoms with Gasteiger partial charge in [0.25, 0.3) is 5.91 Å². The molecule has 1 atom stereocenters. The van der Waals surface area contributed by atoms with Crippen molar-refractivity contribution in [3.63, 3.8) is 0 Å². The van der Waals surface area contributed by atoms with E-state index in [-0.39, 0.29) is 17.5 Å². The summed E-state index contributed by atoms with van der Waals surface area (Å²) in [6, 6.07) is 6.68. The third-order valence-electron chi connectivity index (χ3n) is 3.04. The molecule has 1 aliphatic heterocycles. The molecule has 1 aromatic carbocycles. The number of carbonyl (C=O) groups is 2. The molecule has 1 saturated heterocycles. The van der Waals surface area contributed by atoms with E-state index in [1.54, 1.807) is 18.2 Å². The highest BCUT2D eigenvalue weighted by molar-refractivity contribution is 6.32. The van der Waals surface area contributed by atoms with Gasteiger partial charge in [-0.15, -0.1) is 0 Å². The molecule has 0 saturated carbocycles. The first-order valence-corrected chi connectivity index (χ1v) is 6.93. The van der Waals surface area contributed by atoms with Gasteiger partial charge in [0.15, 0.2) is 0 Å². The molecule has 0 unspecified atom stereocenters. The van der Waals surface area contributed by atoms with Gasteiger partial charge in [-0.1, -0.05) is 43.6 Å². The molecule has 0 spiro atoms. The number of hydrogen-bond acceptors (Lipinski definition) is 2. The number of amides is 2. The summed E-state index contributed by atoms with van der Waals surface area (Å²) in [5.74, 6) is -0.132. The molecule has 0 aliphatic carbocycles. The molecule has 2 rings (SSSR count). The highest BCUT2D eigenvalue weighted by Crippen LogP contribution is 2.19. The van der Waals surface area contributed by atoms with Gasteiger partial charge < -0.3 is 10.6 Å². The number of hydrogen-bond donors (Lipinski definition) is 2. The van der Waals surface area contributed by atoms with E-state index in [0.29, 0.717) is 22.9 Å². The van der Waals surface area contributed by atoms with Gasteiger partial charge in [0, 0.05) is 5.02 Å². The summed E-state index contributed by atoms with van der Waals surface area (Å²) in [6.07, 6.45) is 2.21. The molecule has 4 nitrogen and oxygen atoms in total. The van der Waals surface area contributed by atoms with Crippen LogP contribution in [-0.4, -0.2) is 17.9 Å². The van der Waals surface area contributed by atoms with Crippen molar-refractivity contribution in [3.05, 3.63) is 40.5 Å². The van der Waals surface area contributed by atoms with Crippen molar-refractivity contribution in [2.45, 2.75) is 26.3 Å². The van der Waals surface area contributed by atoms with Crippen LogP contribution in [0.4, 0.5) is 0 Å². The van der Waals surface area contributed by atoms with Crippen LogP contribution in [0.2, 0.25) is 5.02 Å². The van der Waals surface area contributed by atoms with E-state index in [0.717, 1.165) is 0 Å². The second kappa shape index (κ2) is 6.09. The number of benzene rings is 1. The molecular formula is C15H17ClN2O2. The van der Waals surface area contributed by atoms with Crippen LogP contribution in [0.25, 0.3) is 6.08 Å². The Labute approximate surface area is 123 Å². The van der Waals surface area contributed by atoms with Crippen molar-refractivity contribution >= 4 is 29.5 Å². The maximum Gasteiger partial charge on any atom is 0.268 e. The zero-order valence-electron chi connectivity index (χ0n) is 11.4. The van der Waals surface area contributed by atoms with E-state index in [2.05, 4.69) is 10.6 Å². The summed E-state index contributed by atoms with van der Waals surface area (Å²) in [5, 5.41) is 5.91. The van der Waals surface area contributed by atoms with Crippen LogP contribution in [0.15, 0.2) is 30.0 Å². The molecule has 2 N–H and O–H groups in total. The fraction of sp³-hybridized carbons (Fsp3) is 0.333. The Morgan fingerprint density at radius 2 is 2.00 bits per heavy atom. The van der Waals surface area contributed by atoms with Crippen LogP contribution in [0.1, 0.15) is 25.8 Å². The molecule has 5 heteroatoms. The lowest BCUT2D eigenvalue weighted by atomic mass is 10.0. The SMILES string of the molecule is CC(C)C[C@H]1NC(=O)/C(=C\c2ccccc2Cl)NC1=O. The lowest BCUT2D eigenvalue weighted by molar-refractivity contribution is -0.131. The minimum atomic E-state index is -0.467. The third kappa shape index (κ3) is 3.39. The quantitative estimate of drug-likeness (QED) is 0.840. The Hall–Kier alpha value is -1.81. The fourth-order valence-corrected chi connectivity index (χ4v) is 2.26. The zero-order valence-corrected chi connectivity index (χ0v) is 12.2. The molecule has 0 bridgehead atoms. The third-order valence-corrected chi connectivity index (χ3v) is 3.38. The van der Waals surface area contributed by atoms with E-state index in [1.165, 1.54) is 0 Å². The lowest BCUT2D eigenvalue weighted by Gasteiger charge is -2.26. The number of piperazine rings is 1. The maximum atomic E-state index is 12.0. The molecule has 0 radical (unpaired) electrons. The van der Waals surface area contributed by atoms with Crippen LogP contribution in [0.3, 0.4) is 0 Å². The maximum absolute atomic E-state index is 12.0. The summed E-state index contributed by atoms with van der Waals surface area (Å²) in [4.78, 5) is 24.0. The van der Waals surface area contributed by atoms with Crippen molar-refractivity contribution in [2.24, 2.45) is 5.92 Å². The Kier molecular flexibility index (Phi) is 4.45.